The van der Waals surface area contributed by atoms with Crippen LogP contribution in [0.1, 0.15) is 24.9 Å². The van der Waals surface area contributed by atoms with Gasteiger partial charge in [-0.15, -0.1) is 19.0 Å². The van der Waals surface area contributed by atoms with Gasteiger partial charge < -0.3 is 10.2 Å². The van der Waals surface area contributed by atoms with Crippen molar-refractivity contribution < 1.29 is 4.43 Å². The summed E-state index contributed by atoms with van der Waals surface area (Å²) >= 11 is 0. The molecule has 0 heterocycles. The third-order valence-electron chi connectivity index (χ3n) is 2.30. The Bertz CT molecular complexity index is 384. The lowest BCUT2D eigenvalue weighted by molar-refractivity contribution is 0.557. The van der Waals surface area contributed by atoms with E-state index >= 15 is 0 Å². The lowest BCUT2D eigenvalue weighted by Gasteiger charge is -2.20. The third-order valence-corrected chi connectivity index (χ3v) is 3.15. The Balaban J connectivity index is 0.00000289. The highest BCUT2D eigenvalue weighted by Gasteiger charge is 2.16. The molecule has 0 radical (unpaired) electrons. The van der Waals surface area contributed by atoms with Gasteiger partial charge in [-0.25, -0.2) is 0 Å². The lowest BCUT2D eigenvalue weighted by Crippen LogP contribution is -2.29. The molecule has 1 aromatic rings. The SMILES string of the molecule is C=C(C)C[C@@H](N)c1ccc(O[Si](C)(C)C)cc1.Cl. The summed E-state index contributed by atoms with van der Waals surface area (Å²) in [6, 6.07) is 8.14. The molecule has 0 aliphatic carbocycles. The first-order chi connectivity index (χ1) is 7.78. The molecular formula is C14H24ClNOSi. The second kappa shape index (κ2) is 6.97. The molecule has 0 aliphatic rings. The molecule has 0 spiro atoms. The molecule has 2 nitrogen and oxygen atoms in total. The summed E-state index contributed by atoms with van der Waals surface area (Å²) in [4.78, 5) is 0. The molecule has 0 bridgehead atoms. The normalized spacial score (nSPS) is 12.5. The van der Waals surface area contributed by atoms with Crippen LogP contribution >= 0.6 is 12.4 Å². The molecule has 102 valence electrons. The average molecular weight is 286 g/mol. The van der Waals surface area contributed by atoms with Crippen molar-refractivity contribution in [3.63, 3.8) is 0 Å². The zero-order valence-electron chi connectivity index (χ0n) is 11.7. The third kappa shape index (κ3) is 6.24. The van der Waals surface area contributed by atoms with Crippen molar-refractivity contribution in [1.29, 1.82) is 0 Å². The Labute approximate surface area is 118 Å². The van der Waals surface area contributed by atoms with Gasteiger partial charge in [-0.3, -0.25) is 0 Å². The minimum Gasteiger partial charge on any atom is -0.544 e. The summed E-state index contributed by atoms with van der Waals surface area (Å²) in [5.41, 5.74) is 8.33. The molecule has 0 amide bonds. The molecule has 0 saturated carbocycles. The van der Waals surface area contributed by atoms with E-state index in [1.54, 1.807) is 0 Å². The van der Waals surface area contributed by atoms with Crippen molar-refractivity contribution in [2.45, 2.75) is 39.0 Å². The Morgan fingerprint density at radius 1 is 1.28 bits per heavy atom. The summed E-state index contributed by atoms with van der Waals surface area (Å²) < 4.78 is 5.90. The molecule has 0 saturated heterocycles. The van der Waals surface area contributed by atoms with Crippen LogP contribution in [0.4, 0.5) is 0 Å². The number of hydrogen-bond acceptors (Lipinski definition) is 2. The first-order valence-electron chi connectivity index (χ1n) is 5.97. The van der Waals surface area contributed by atoms with Gasteiger partial charge in [0.2, 0.25) is 8.32 Å². The first-order valence-corrected chi connectivity index (χ1v) is 9.38. The minimum absolute atomic E-state index is 0. The molecule has 4 heteroatoms. The van der Waals surface area contributed by atoms with Crippen LogP contribution < -0.4 is 10.2 Å². The number of nitrogens with two attached hydrogens (primary N) is 1. The van der Waals surface area contributed by atoms with E-state index in [1.807, 2.05) is 31.2 Å². The van der Waals surface area contributed by atoms with Crippen molar-refractivity contribution in [2.75, 3.05) is 0 Å². The van der Waals surface area contributed by atoms with Gasteiger partial charge in [0.1, 0.15) is 5.75 Å². The Hall–Kier alpha value is -0.773. The van der Waals surface area contributed by atoms with Gasteiger partial charge >= 0.3 is 0 Å². The Morgan fingerprint density at radius 3 is 2.17 bits per heavy atom. The predicted molar refractivity (Wildman–Crippen MR) is 84.0 cm³/mol. The minimum atomic E-state index is -1.51. The summed E-state index contributed by atoms with van der Waals surface area (Å²) in [5, 5.41) is 0. The summed E-state index contributed by atoms with van der Waals surface area (Å²) in [6.45, 7) is 12.4. The van der Waals surface area contributed by atoms with Crippen LogP contribution in [0.2, 0.25) is 19.6 Å². The molecule has 0 unspecified atom stereocenters. The predicted octanol–water partition coefficient (Wildman–Crippen LogP) is 4.29. The van der Waals surface area contributed by atoms with Crippen molar-refractivity contribution in [1.82, 2.24) is 0 Å². The van der Waals surface area contributed by atoms with E-state index in [9.17, 15) is 0 Å². The monoisotopic (exact) mass is 285 g/mol. The number of halogens is 1. The quantitative estimate of drug-likeness (QED) is 0.647. The standard InChI is InChI=1S/C14H23NOSi.ClH/c1-11(2)10-14(15)12-6-8-13(9-7-12)16-17(3,4)5;/h6-9,14H,1,10,15H2,2-5H3;1H/t14-;/m1./s1. The maximum Gasteiger partial charge on any atom is 0.242 e. The van der Waals surface area contributed by atoms with Crippen LogP contribution in [0.3, 0.4) is 0 Å². The van der Waals surface area contributed by atoms with Gasteiger partial charge in [0.15, 0.2) is 0 Å². The Kier molecular flexibility index (Phi) is 6.67. The highest BCUT2D eigenvalue weighted by atomic mass is 35.5. The highest BCUT2D eigenvalue weighted by Crippen LogP contribution is 2.22. The molecule has 0 fully saturated rings. The fourth-order valence-electron chi connectivity index (χ4n) is 1.63. The van der Waals surface area contributed by atoms with E-state index in [-0.39, 0.29) is 18.4 Å². The van der Waals surface area contributed by atoms with Gasteiger partial charge in [0, 0.05) is 6.04 Å². The van der Waals surface area contributed by atoms with Crippen LogP contribution in [0.25, 0.3) is 0 Å². The Morgan fingerprint density at radius 2 is 1.78 bits per heavy atom. The first kappa shape index (κ1) is 17.2. The zero-order chi connectivity index (χ0) is 13.1. The molecule has 0 aromatic heterocycles. The fourth-order valence-corrected chi connectivity index (χ4v) is 2.47. The van der Waals surface area contributed by atoms with Crippen LogP contribution in [0, 0.1) is 0 Å². The van der Waals surface area contributed by atoms with Gasteiger partial charge in [0.25, 0.3) is 0 Å². The molecule has 18 heavy (non-hydrogen) atoms. The molecular weight excluding hydrogens is 262 g/mol. The van der Waals surface area contributed by atoms with Gasteiger partial charge in [-0.1, -0.05) is 17.7 Å². The molecule has 1 rings (SSSR count). The van der Waals surface area contributed by atoms with Gasteiger partial charge in [-0.2, -0.15) is 0 Å². The largest absolute Gasteiger partial charge is 0.544 e. The maximum atomic E-state index is 6.08. The summed E-state index contributed by atoms with van der Waals surface area (Å²) in [7, 11) is -1.51. The number of benzene rings is 1. The van der Waals surface area contributed by atoms with Crippen molar-refractivity contribution >= 4 is 20.7 Å². The molecule has 1 aromatic carbocycles. The molecule has 1 atom stereocenters. The number of rotatable bonds is 5. The second-order valence-corrected chi connectivity index (χ2v) is 9.98. The van der Waals surface area contributed by atoms with Gasteiger partial charge in [0.05, 0.1) is 0 Å². The van der Waals surface area contributed by atoms with E-state index in [2.05, 4.69) is 26.2 Å². The molecule has 0 aliphatic heterocycles. The number of hydrogen-bond donors (Lipinski definition) is 1. The van der Waals surface area contributed by atoms with E-state index in [4.69, 9.17) is 10.2 Å². The van der Waals surface area contributed by atoms with Crippen LogP contribution in [0.15, 0.2) is 36.4 Å². The zero-order valence-corrected chi connectivity index (χ0v) is 13.5. The average Bonchev–Trinajstić information content (AvgIpc) is 2.15. The van der Waals surface area contributed by atoms with Crippen molar-refractivity contribution in [3.8, 4) is 5.75 Å². The van der Waals surface area contributed by atoms with Crippen LogP contribution in [-0.4, -0.2) is 8.32 Å². The van der Waals surface area contributed by atoms with E-state index < -0.39 is 8.32 Å². The maximum absolute atomic E-state index is 6.08. The van der Waals surface area contributed by atoms with E-state index in [0.29, 0.717) is 0 Å². The van der Waals surface area contributed by atoms with Crippen molar-refractivity contribution in [2.24, 2.45) is 5.73 Å². The van der Waals surface area contributed by atoms with Gasteiger partial charge in [-0.05, 0) is 50.7 Å². The second-order valence-electron chi connectivity index (χ2n) is 5.55. The van der Waals surface area contributed by atoms with Crippen LogP contribution in [0.5, 0.6) is 5.75 Å². The van der Waals surface area contributed by atoms with E-state index in [1.165, 1.54) is 0 Å². The summed E-state index contributed by atoms with van der Waals surface area (Å²) in [6.07, 6.45) is 0.828. The summed E-state index contributed by atoms with van der Waals surface area (Å²) in [5.74, 6) is 0.940. The smallest absolute Gasteiger partial charge is 0.242 e. The van der Waals surface area contributed by atoms with E-state index in [0.717, 1.165) is 23.3 Å². The topological polar surface area (TPSA) is 35.2 Å². The fraction of sp³-hybridized carbons (Fsp3) is 0.429. The van der Waals surface area contributed by atoms with Crippen LogP contribution in [-0.2, 0) is 0 Å². The highest BCUT2D eigenvalue weighted by molar-refractivity contribution is 6.70. The lowest BCUT2D eigenvalue weighted by atomic mass is 10.0. The molecule has 2 N–H and O–H groups in total. The van der Waals surface area contributed by atoms with Crippen molar-refractivity contribution in [3.05, 3.63) is 42.0 Å².